The highest BCUT2D eigenvalue weighted by Gasteiger charge is 2.46. The van der Waals surface area contributed by atoms with Crippen LogP contribution < -0.4 is 4.74 Å². The molecule has 0 bridgehead atoms. The maximum absolute atomic E-state index is 10.1. The van der Waals surface area contributed by atoms with Gasteiger partial charge >= 0.3 is 0 Å². The van der Waals surface area contributed by atoms with Crippen molar-refractivity contribution in [2.75, 3.05) is 19.8 Å². The minimum Gasteiger partial charge on any atom is -0.490 e. The van der Waals surface area contributed by atoms with E-state index in [1.54, 1.807) is 12.2 Å². The van der Waals surface area contributed by atoms with Crippen molar-refractivity contribution in [1.29, 1.82) is 0 Å². The molecule has 2 aromatic rings. The normalized spacial score (nSPS) is 28.0. The Balaban J connectivity index is 1.51. The van der Waals surface area contributed by atoms with Gasteiger partial charge in [-0.15, -0.1) is 0 Å². The van der Waals surface area contributed by atoms with Crippen molar-refractivity contribution < 1.29 is 30.3 Å². The van der Waals surface area contributed by atoms with E-state index < -0.39 is 37.2 Å². The van der Waals surface area contributed by atoms with Gasteiger partial charge in [-0.25, -0.2) is 0 Å². The van der Waals surface area contributed by atoms with Gasteiger partial charge in [0.2, 0.25) is 0 Å². The summed E-state index contributed by atoms with van der Waals surface area (Å²) in [5.74, 6) is 0.717. The Bertz CT molecular complexity index is 782. The van der Waals surface area contributed by atoms with E-state index in [1.165, 1.54) is 4.90 Å². The smallest absolute Gasteiger partial charge is 0.136 e. The molecule has 1 aliphatic heterocycles. The minimum atomic E-state index is -1.51. The molecule has 0 spiro atoms. The molecule has 0 saturated carbocycles. The van der Waals surface area contributed by atoms with E-state index in [0.29, 0.717) is 6.61 Å². The zero-order chi connectivity index (χ0) is 20.8. The van der Waals surface area contributed by atoms with Crippen LogP contribution in [-0.2, 0) is 0 Å². The van der Waals surface area contributed by atoms with Crippen LogP contribution in [0.25, 0.3) is 11.1 Å². The number of aliphatic hydroxyl groups excluding tert-OH is 5. The highest BCUT2D eigenvalue weighted by atomic mass is 16.5. The fraction of sp³-hybridized carbons (Fsp3) is 0.364. The van der Waals surface area contributed by atoms with Gasteiger partial charge in [-0.3, -0.25) is 4.90 Å². The van der Waals surface area contributed by atoms with E-state index in [-0.39, 0.29) is 6.54 Å². The minimum absolute atomic E-state index is 0.170. The maximum atomic E-state index is 10.1. The van der Waals surface area contributed by atoms with Crippen molar-refractivity contribution in [3.8, 4) is 16.9 Å². The molecule has 3 rings (SSSR count). The van der Waals surface area contributed by atoms with E-state index in [9.17, 15) is 25.5 Å². The molecule has 5 atom stereocenters. The predicted octanol–water partition coefficient (Wildman–Crippen LogP) is 0.366. The highest BCUT2D eigenvalue weighted by Crippen LogP contribution is 2.24. The molecule has 0 aliphatic carbocycles. The first-order valence-corrected chi connectivity index (χ1v) is 9.55. The summed E-state index contributed by atoms with van der Waals surface area (Å²) in [4.78, 5) is 1.34. The second-order valence-electron chi connectivity index (χ2n) is 7.00. The second kappa shape index (κ2) is 9.98. The summed E-state index contributed by atoms with van der Waals surface area (Å²) < 4.78 is 5.67. The van der Waals surface area contributed by atoms with Gasteiger partial charge < -0.3 is 30.3 Å². The van der Waals surface area contributed by atoms with Gasteiger partial charge in [0, 0.05) is 6.54 Å². The van der Waals surface area contributed by atoms with Crippen LogP contribution in [-0.4, -0.2) is 80.8 Å². The number of hydrogen-bond acceptors (Lipinski definition) is 7. The van der Waals surface area contributed by atoms with Gasteiger partial charge in [-0.2, -0.15) is 0 Å². The molecule has 29 heavy (non-hydrogen) atoms. The Kier molecular flexibility index (Phi) is 7.38. The van der Waals surface area contributed by atoms with Crippen molar-refractivity contribution in [3.05, 3.63) is 66.7 Å². The van der Waals surface area contributed by atoms with Crippen LogP contribution >= 0.6 is 0 Å². The molecule has 5 N–H and O–H groups in total. The topological polar surface area (TPSA) is 114 Å². The van der Waals surface area contributed by atoms with Crippen LogP contribution in [0.15, 0.2) is 66.7 Å². The molecule has 0 amide bonds. The zero-order valence-electron chi connectivity index (χ0n) is 16.0. The van der Waals surface area contributed by atoms with E-state index in [1.807, 2.05) is 54.6 Å². The van der Waals surface area contributed by atoms with Crippen LogP contribution in [0.4, 0.5) is 0 Å². The number of likely N-dealkylation sites (tertiary alicyclic amines) is 1. The molecule has 1 heterocycles. The highest BCUT2D eigenvalue weighted by molar-refractivity contribution is 5.63. The molecule has 1 aliphatic rings. The number of ether oxygens (including phenoxy) is 1. The van der Waals surface area contributed by atoms with Gasteiger partial charge in [0.15, 0.2) is 0 Å². The van der Waals surface area contributed by atoms with Gasteiger partial charge in [0.1, 0.15) is 36.9 Å². The van der Waals surface area contributed by atoms with Crippen LogP contribution in [0.3, 0.4) is 0 Å². The average Bonchev–Trinajstić information content (AvgIpc) is 2.76. The maximum Gasteiger partial charge on any atom is 0.136 e. The summed E-state index contributed by atoms with van der Waals surface area (Å²) >= 11 is 0. The molecular formula is C22H27NO6. The number of hydrogen-bond donors (Lipinski definition) is 5. The van der Waals surface area contributed by atoms with Gasteiger partial charge in [-0.1, -0.05) is 54.6 Å². The molecule has 1 unspecified atom stereocenters. The summed E-state index contributed by atoms with van der Waals surface area (Å²) in [6, 6.07) is 16.9. The van der Waals surface area contributed by atoms with Gasteiger partial charge in [0.05, 0.1) is 12.6 Å². The molecule has 1 fully saturated rings. The first-order valence-electron chi connectivity index (χ1n) is 9.55. The Morgan fingerprint density at radius 2 is 1.45 bits per heavy atom. The van der Waals surface area contributed by atoms with Crippen molar-refractivity contribution in [3.63, 3.8) is 0 Å². The van der Waals surface area contributed by atoms with Gasteiger partial charge in [0.25, 0.3) is 0 Å². The van der Waals surface area contributed by atoms with E-state index >= 15 is 0 Å². The number of benzene rings is 2. The van der Waals surface area contributed by atoms with Crippen LogP contribution in [0.2, 0.25) is 0 Å². The number of piperidine rings is 1. The fourth-order valence-electron chi connectivity index (χ4n) is 3.43. The van der Waals surface area contributed by atoms with E-state index in [4.69, 9.17) is 4.74 Å². The molecule has 7 heteroatoms. The Hall–Kier alpha value is -2.26. The lowest BCUT2D eigenvalue weighted by Crippen LogP contribution is -2.67. The van der Waals surface area contributed by atoms with E-state index in [2.05, 4.69) is 0 Å². The van der Waals surface area contributed by atoms with Crippen molar-refractivity contribution in [2.24, 2.45) is 0 Å². The lowest BCUT2D eigenvalue weighted by atomic mass is 9.93. The number of nitrogens with zero attached hydrogens (tertiary/aromatic N) is 1. The molecule has 1 saturated heterocycles. The van der Waals surface area contributed by atoms with Crippen LogP contribution in [0.5, 0.6) is 5.75 Å². The fourth-order valence-corrected chi connectivity index (χ4v) is 3.43. The SMILES string of the molecule is OC[C@@H]1[C@@H](O)[C@H](O)[C@@H](O)C(O)N1C/C=C/COc1ccc(-c2ccccc2)cc1. The van der Waals surface area contributed by atoms with Crippen molar-refractivity contribution in [2.45, 2.75) is 30.6 Å². The largest absolute Gasteiger partial charge is 0.490 e. The summed E-state index contributed by atoms with van der Waals surface area (Å²) in [6.07, 6.45) is -2.31. The monoisotopic (exact) mass is 401 g/mol. The molecule has 7 nitrogen and oxygen atoms in total. The lowest BCUT2D eigenvalue weighted by Gasteiger charge is -2.46. The van der Waals surface area contributed by atoms with Crippen molar-refractivity contribution >= 4 is 0 Å². The third-order valence-electron chi connectivity index (χ3n) is 5.14. The summed E-state index contributed by atoms with van der Waals surface area (Å²) in [5.41, 5.74) is 2.23. The Labute approximate surface area is 169 Å². The molecule has 156 valence electrons. The third kappa shape index (κ3) is 5.02. The lowest BCUT2D eigenvalue weighted by molar-refractivity contribution is -0.219. The molecule has 2 aromatic carbocycles. The first kappa shape index (κ1) is 21.4. The van der Waals surface area contributed by atoms with Gasteiger partial charge in [-0.05, 0) is 23.3 Å². The average molecular weight is 401 g/mol. The quantitative estimate of drug-likeness (QED) is 0.426. The second-order valence-corrected chi connectivity index (χ2v) is 7.00. The van der Waals surface area contributed by atoms with Crippen LogP contribution in [0.1, 0.15) is 0 Å². The Morgan fingerprint density at radius 1 is 0.793 bits per heavy atom. The third-order valence-corrected chi connectivity index (χ3v) is 5.14. The summed E-state index contributed by atoms with van der Waals surface area (Å²) in [7, 11) is 0. The summed E-state index contributed by atoms with van der Waals surface area (Å²) in [6.45, 7) is 0.00971. The van der Waals surface area contributed by atoms with Crippen LogP contribution in [0, 0.1) is 0 Å². The standard InChI is InChI=1S/C22H27NO6/c24-14-18-19(25)20(26)21(27)22(28)23(18)12-4-5-13-29-17-10-8-16(9-11-17)15-6-2-1-3-7-15/h1-11,18-22,24-28H,12-14H2/b5-4+/t18-,19-,20+,21-,22?/m1/s1. The predicted molar refractivity (Wildman–Crippen MR) is 108 cm³/mol. The van der Waals surface area contributed by atoms with E-state index in [0.717, 1.165) is 16.9 Å². The molecule has 0 aromatic heterocycles. The first-order chi connectivity index (χ1) is 14.0. The molecule has 0 radical (unpaired) electrons. The Morgan fingerprint density at radius 3 is 2.10 bits per heavy atom. The number of rotatable bonds is 7. The number of aliphatic hydroxyl groups is 5. The zero-order valence-corrected chi connectivity index (χ0v) is 16.0. The molecular weight excluding hydrogens is 374 g/mol. The van der Waals surface area contributed by atoms with Crippen molar-refractivity contribution in [1.82, 2.24) is 4.90 Å². The summed E-state index contributed by atoms with van der Waals surface area (Å²) in [5, 5.41) is 49.1.